The fourth-order valence-corrected chi connectivity index (χ4v) is 3.30. The zero-order chi connectivity index (χ0) is 12.3. The largest absolute Gasteiger partial charge is 0.381 e. The van der Waals surface area contributed by atoms with E-state index in [9.17, 15) is 0 Å². The molecule has 3 aliphatic heterocycles. The number of nitrogens with zero attached hydrogens (tertiary/aromatic N) is 1. The zero-order valence-electron chi connectivity index (χ0n) is 11.2. The van der Waals surface area contributed by atoms with Crippen LogP contribution < -0.4 is 0 Å². The Morgan fingerprint density at radius 2 is 1.61 bits per heavy atom. The van der Waals surface area contributed by atoms with Gasteiger partial charge in [0.1, 0.15) is 0 Å². The summed E-state index contributed by atoms with van der Waals surface area (Å²) in [6.45, 7) is 6.99. The van der Waals surface area contributed by atoms with Crippen LogP contribution in [0, 0.1) is 5.92 Å². The van der Waals surface area contributed by atoms with Gasteiger partial charge in [0.05, 0.1) is 13.2 Å². The summed E-state index contributed by atoms with van der Waals surface area (Å²) in [5.41, 5.74) is 0. The van der Waals surface area contributed by atoms with E-state index < -0.39 is 0 Å². The van der Waals surface area contributed by atoms with Gasteiger partial charge in [0.15, 0.2) is 5.79 Å². The molecule has 0 atom stereocenters. The third kappa shape index (κ3) is 3.05. The van der Waals surface area contributed by atoms with Crippen LogP contribution in [-0.2, 0) is 14.2 Å². The molecule has 0 aromatic heterocycles. The Morgan fingerprint density at radius 3 is 2.28 bits per heavy atom. The molecule has 0 N–H and O–H groups in total. The standard InChI is InChI=1S/C14H25NO3/c1(13-2-9-16-10-3-13)6-15-7-4-14(5-8-15)17-11-12-18-14/h13H,1-12H2. The van der Waals surface area contributed by atoms with Crippen molar-refractivity contribution in [3.63, 3.8) is 0 Å². The van der Waals surface area contributed by atoms with E-state index in [2.05, 4.69) is 4.90 Å². The fourth-order valence-electron chi connectivity index (χ4n) is 3.30. The maximum atomic E-state index is 5.76. The Bertz CT molecular complexity index is 250. The molecule has 3 fully saturated rings. The van der Waals surface area contributed by atoms with Gasteiger partial charge >= 0.3 is 0 Å². The molecule has 0 radical (unpaired) electrons. The summed E-state index contributed by atoms with van der Waals surface area (Å²) < 4.78 is 16.9. The zero-order valence-corrected chi connectivity index (χ0v) is 11.2. The van der Waals surface area contributed by atoms with Crippen LogP contribution in [0.15, 0.2) is 0 Å². The summed E-state index contributed by atoms with van der Waals surface area (Å²) in [5, 5.41) is 0. The van der Waals surface area contributed by atoms with Crippen LogP contribution in [0.25, 0.3) is 0 Å². The highest BCUT2D eigenvalue weighted by molar-refractivity contribution is 4.83. The Hall–Kier alpha value is -0.160. The van der Waals surface area contributed by atoms with E-state index in [1.54, 1.807) is 0 Å². The Kier molecular flexibility index (Phi) is 4.19. The average Bonchev–Trinajstić information content (AvgIpc) is 2.88. The normalized spacial score (nSPS) is 30.0. The minimum atomic E-state index is -0.213. The van der Waals surface area contributed by atoms with E-state index in [-0.39, 0.29) is 5.79 Å². The van der Waals surface area contributed by atoms with Crippen LogP contribution in [0.3, 0.4) is 0 Å². The van der Waals surface area contributed by atoms with Crippen molar-refractivity contribution >= 4 is 0 Å². The lowest BCUT2D eigenvalue weighted by molar-refractivity contribution is -0.185. The molecule has 0 aromatic rings. The molecule has 3 aliphatic rings. The van der Waals surface area contributed by atoms with Gasteiger partial charge in [-0.05, 0) is 31.7 Å². The first kappa shape index (κ1) is 12.9. The monoisotopic (exact) mass is 255 g/mol. The first-order valence-corrected chi connectivity index (χ1v) is 7.44. The van der Waals surface area contributed by atoms with Crippen molar-refractivity contribution in [3.05, 3.63) is 0 Å². The highest BCUT2D eigenvalue weighted by Crippen LogP contribution is 2.31. The Morgan fingerprint density at radius 1 is 0.944 bits per heavy atom. The minimum absolute atomic E-state index is 0.213. The van der Waals surface area contributed by atoms with Crippen LogP contribution in [-0.4, -0.2) is 56.7 Å². The molecule has 0 unspecified atom stereocenters. The number of rotatable bonds is 3. The van der Waals surface area contributed by atoms with E-state index in [0.717, 1.165) is 58.3 Å². The van der Waals surface area contributed by atoms with Gasteiger partial charge in [0.2, 0.25) is 0 Å². The van der Waals surface area contributed by atoms with Crippen molar-refractivity contribution in [2.75, 3.05) is 46.1 Å². The van der Waals surface area contributed by atoms with Gasteiger partial charge in [0, 0.05) is 39.1 Å². The molecule has 0 saturated carbocycles. The van der Waals surface area contributed by atoms with Gasteiger partial charge in [-0.3, -0.25) is 0 Å². The van der Waals surface area contributed by atoms with Gasteiger partial charge in [-0.1, -0.05) is 0 Å². The van der Waals surface area contributed by atoms with Crippen LogP contribution in [0.2, 0.25) is 0 Å². The van der Waals surface area contributed by atoms with Gasteiger partial charge in [-0.15, -0.1) is 0 Å². The second-order valence-electron chi connectivity index (χ2n) is 5.79. The third-order valence-electron chi connectivity index (χ3n) is 4.63. The topological polar surface area (TPSA) is 30.9 Å². The van der Waals surface area contributed by atoms with Crippen LogP contribution in [0.1, 0.15) is 32.1 Å². The molecule has 1 spiro atoms. The van der Waals surface area contributed by atoms with Crippen molar-refractivity contribution < 1.29 is 14.2 Å². The number of piperidine rings is 1. The summed E-state index contributed by atoms with van der Waals surface area (Å²) in [7, 11) is 0. The van der Waals surface area contributed by atoms with E-state index in [1.165, 1.54) is 25.8 Å². The molecule has 18 heavy (non-hydrogen) atoms. The number of hydrogen-bond acceptors (Lipinski definition) is 4. The number of hydrogen-bond donors (Lipinski definition) is 0. The predicted molar refractivity (Wildman–Crippen MR) is 68.5 cm³/mol. The summed E-state index contributed by atoms with van der Waals surface area (Å²) in [4.78, 5) is 2.58. The minimum Gasteiger partial charge on any atom is -0.381 e. The average molecular weight is 255 g/mol. The third-order valence-corrected chi connectivity index (χ3v) is 4.63. The fraction of sp³-hybridized carbons (Fsp3) is 1.00. The molecular formula is C14H25NO3. The molecule has 3 rings (SSSR count). The number of likely N-dealkylation sites (tertiary alicyclic amines) is 1. The highest BCUT2D eigenvalue weighted by atomic mass is 16.7. The van der Waals surface area contributed by atoms with Gasteiger partial charge in [-0.2, -0.15) is 0 Å². The molecule has 0 aromatic carbocycles. The van der Waals surface area contributed by atoms with Gasteiger partial charge in [0.25, 0.3) is 0 Å². The lowest BCUT2D eigenvalue weighted by Gasteiger charge is -2.38. The second-order valence-corrected chi connectivity index (χ2v) is 5.79. The second kappa shape index (κ2) is 5.87. The molecule has 0 amide bonds. The van der Waals surface area contributed by atoms with Crippen molar-refractivity contribution in [1.82, 2.24) is 4.90 Å². The quantitative estimate of drug-likeness (QED) is 0.767. The van der Waals surface area contributed by atoms with Crippen molar-refractivity contribution in [3.8, 4) is 0 Å². The lowest BCUT2D eigenvalue weighted by atomic mass is 9.95. The van der Waals surface area contributed by atoms with E-state index in [0.29, 0.717) is 0 Å². The summed E-state index contributed by atoms with van der Waals surface area (Å²) in [5.74, 6) is 0.670. The lowest BCUT2D eigenvalue weighted by Crippen LogP contribution is -2.45. The van der Waals surface area contributed by atoms with E-state index >= 15 is 0 Å². The van der Waals surface area contributed by atoms with Crippen molar-refractivity contribution in [2.24, 2.45) is 5.92 Å². The maximum absolute atomic E-state index is 5.76. The summed E-state index contributed by atoms with van der Waals surface area (Å²) >= 11 is 0. The Labute approximate surface area is 110 Å². The van der Waals surface area contributed by atoms with Crippen LogP contribution in [0.5, 0.6) is 0 Å². The molecule has 0 aliphatic carbocycles. The van der Waals surface area contributed by atoms with E-state index in [4.69, 9.17) is 14.2 Å². The molecule has 4 heteroatoms. The Balaban J connectivity index is 1.37. The van der Waals surface area contributed by atoms with Crippen LogP contribution >= 0.6 is 0 Å². The number of ether oxygens (including phenoxy) is 3. The molecular weight excluding hydrogens is 230 g/mol. The summed E-state index contributed by atoms with van der Waals surface area (Å²) in [6.07, 6.45) is 5.92. The van der Waals surface area contributed by atoms with Gasteiger partial charge < -0.3 is 19.1 Å². The van der Waals surface area contributed by atoms with Crippen molar-refractivity contribution in [1.29, 1.82) is 0 Å². The molecule has 104 valence electrons. The predicted octanol–water partition coefficient (Wildman–Crippen LogP) is 1.64. The first-order chi connectivity index (χ1) is 8.86. The molecule has 0 bridgehead atoms. The smallest absolute Gasteiger partial charge is 0.170 e. The van der Waals surface area contributed by atoms with Crippen LogP contribution in [0.4, 0.5) is 0 Å². The first-order valence-electron chi connectivity index (χ1n) is 7.44. The SMILES string of the molecule is C1CC(CCN2CCC3(CC2)OCCO3)CCO1. The molecule has 4 nitrogen and oxygen atoms in total. The molecule has 3 heterocycles. The van der Waals surface area contributed by atoms with Gasteiger partial charge in [-0.25, -0.2) is 0 Å². The maximum Gasteiger partial charge on any atom is 0.170 e. The van der Waals surface area contributed by atoms with Crippen molar-refractivity contribution in [2.45, 2.75) is 37.9 Å². The van der Waals surface area contributed by atoms with E-state index in [1.807, 2.05) is 0 Å². The highest BCUT2D eigenvalue weighted by Gasteiger charge is 2.39. The summed E-state index contributed by atoms with van der Waals surface area (Å²) in [6, 6.07) is 0. The molecule has 3 saturated heterocycles.